The van der Waals surface area contributed by atoms with Gasteiger partial charge < -0.3 is 14.6 Å². The van der Waals surface area contributed by atoms with Crippen molar-refractivity contribution in [1.29, 1.82) is 0 Å². The van der Waals surface area contributed by atoms with E-state index in [1.807, 2.05) is 13.8 Å². The lowest BCUT2D eigenvalue weighted by molar-refractivity contribution is -0.139. The van der Waals surface area contributed by atoms with Crippen LogP contribution in [0.25, 0.3) is 0 Å². The first kappa shape index (κ1) is 15.0. The number of carbonyl (C=O) groups excluding carboxylic acids is 2. The maximum absolute atomic E-state index is 11.8. The normalized spacial score (nSPS) is 10.1. The largest absolute Gasteiger partial charge is 0.507 e. The lowest BCUT2D eigenvalue weighted by Gasteiger charge is -2.14. The molecule has 5 nitrogen and oxygen atoms in total. The lowest BCUT2D eigenvalue weighted by Crippen LogP contribution is -2.13. The van der Waals surface area contributed by atoms with Crippen LogP contribution in [0.1, 0.15) is 34.0 Å². The number of esters is 2. The molecule has 5 heteroatoms. The van der Waals surface area contributed by atoms with E-state index in [0.29, 0.717) is 17.5 Å². The highest BCUT2D eigenvalue weighted by atomic mass is 16.5. The molecule has 0 aliphatic rings. The van der Waals surface area contributed by atoms with E-state index >= 15 is 0 Å². The second kappa shape index (κ2) is 6.22. The van der Waals surface area contributed by atoms with Crippen molar-refractivity contribution in [1.82, 2.24) is 0 Å². The van der Waals surface area contributed by atoms with E-state index < -0.39 is 11.9 Å². The minimum absolute atomic E-state index is 0.0374. The lowest BCUT2D eigenvalue weighted by atomic mass is 9.94. The molecule has 0 aliphatic carbocycles. The van der Waals surface area contributed by atoms with Crippen molar-refractivity contribution in [2.24, 2.45) is 0 Å². The summed E-state index contributed by atoms with van der Waals surface area (Å²) in [4.78, 5) is 23.1. The monoisotopic (exact) mass is 266 g/mol. The van der Waals surface area contributed by atoms with E-state index in [2.05, 4.69) is 9.47 Å². The summed E-state index contributed by atoms with van der Waals surface area (Å²) in [7, 11) is 2.50. The Kier molecular flexibility index (Phi) is 4.92. The molecule has 0 bridgehead atoms. The van der Waals surface area contributed by atoms with Gasteiger partial charge in [-0.3, -0.25) is 4.79 Å². The number of phenols is 1. The summed E-state index contributed by atoms with van der Waals surface area (Å²) >= 11 is 0. The molecule has 104 valence electrons. The number of ether oxygens (including phenoxy) is 2. The predicted octanol–water partition coefficient (Wildman–Crippen LogP) is 1.77. The molecular formula is C14H18O5. The fourth-order valence-electron chi connectivity index (χ4n) is 2.05. The molecule has 19 heavy (non-hydrogen) atoms. The summed E-state index contributed by atoms with van der Waals surface area (Å²) in [6.45, 7) is 3.70. The highest BCUT2D eigenvalue weighted by Crippen LogP contribution is 2.31. The number of aryl methyl sites for hydroxylation is 1. The van der Waals surface area contributed by atoms with Gasteiger partial charge >= 0.3 is 11.9 Å². The maximum Gasteiger partial charge on any atom is 0.341 e. The summed E-state index contributed by atoms with van der Waals surface area (Å²) < 4.78 is 9.25. The van der Waals surface area contributed by atoms with Gasteiger partial charge in [0.15, 0.2) is 0 Å². The number of aromatic hydroxyl groups is 1. The van der Waals surface area contributed by atoms with Gasteiger partial charge in [0.25, 0.3) is 0 Å². The SMILES string of the molecule is CCc1c(C)cc(CC(=O)OC)c(C(=O)OC)c1O. The summed E-state index contributed by atoms with van der Waals surface area (Å²) in [5.41, 5.74) is 1.95. The zero-order valence-electron chi connectivity index (χ0n) is 11.6. The Morgan fingerprint density at radius 3 is 2.37 bits per heavy atom. The molecular weight excluding hydrogens is 248 g/mol. The Morgan fingerprint density at radius 1 is 1.26 bits per heavy atom. The molecule has 1 N–H and O–H groups in total. The highest BCUT2D eigenvalue weighted by Gasteiger charge is 2.22. The second-order valence-electron chi connectivity index (χ2n) is 4.15. The minimum atomic E-state index is -0.661. The van der Waals surface area contributed by atoms with Crippen LogP contribution in [0.4, 0.5) is 0 Å². The number of phenolic OH excluding ortho intramolecular Hbond substituents is 1. The topological polar surface area (TPSA) is 72.8 Å². The summed E-state index contributed by atoms with van der Waals surface area (Å²) in [5, 5.41) is 10.2. The molecule has 0 saturated heterocycles. The smallest absolute Gasteiger partial charge is 0.341 e. The Hall–Kier alpha value is -2.04. The van der Waals surface area contributed by atoms with E-state index in [1.54, 1.807) is 6.07 Å². The third-order valence-electron chi connectivity index (χ3n) is 3.02. The fourth-order valence-corrected chi connectivity index (χ4v) is 2.05. The Morgan fingerprint density at radius 2 is 1.89 bits per heavy atom. The van der Waals surface area contributed by atoms with Crippen LogP contribution in [-0.2, 0) is 27.1 Å². The van der Waals surface area contributed by atoms with Crippen molar-refractivity contribution in [2.45, 2.75) is 26.7 Å². The van der Waals surface area contributed by atoms with E-state index in [0.717, 1.165) is 5.56 Å². The molecule has 0 unspecified atom stereocenters. The molecule has 0 aliphatic heterocycles. The summed E-state index contributed by atoms with van der Waals surface area (Å²) in [6.07, 6.45) is 0.499. The van der Waals surface area contributed by atoms with Crippen molar-refractivity contribution in [3.8, 4) is 5.75 Å². The number of carbonyl (C=O) groups is 2. The molecule has 0 fully saturated rings. The van der Waals surface area contributed by atoms with Crippen molar-refractivity contribution < 1.29 is 24.2 Å². The second-order valence-corrected chi connectivity index (χ2v) is 4.15. The Labute approximate surface area is 112 Å². The van der Waals surface area contributed by atoms with Crippen LogP contribution in [0.15, 0.2) is 6.07 Å². The average molecular weight is 266 g/mol. The third-order valence-corrected chi connectivity index (χ3v) is 3.02. The van der Waals surface area contributed by atoms with E-state index in [9.17, 15) is 14.7 Å². The van der Waals surface area contributed by atoms with Gasteiger partial charge in [0.2, 0.25) is 0 Å². The van der Waals surface area contributed by atoms with E-state index in [-0.39, 0.29) is 17.7 Å². The van der Waals surface area contributed by atoms with Gasteiger partial charge in [-0.15, -0.1) is 0 Å². The molecule has 1 aromatic rings. The van der Waals surface area contributed by atoms with Crippen LogP contribution < -0.4 is 0 Å². The van der Waals surface area contributed by atoms with E-state index in [4.69, 9.17) is 0 Å². The molecule has 0 aromatic heterocycles. The first-order chi connectivity index (χ1) is 8.96. The minimum Gasteiger partial charge on any atom is -0.507 e. The number of hydrogen-bond donors (Lipinski definition) is 1. The summed E-state index contributed by atoms with van der Waals surface area (Å²) in [6, 6.07) is 1.71. The zero-order chi connectivity index (χ0) is 14.6. The maximum atomic E-state index is 11.8. The third kappa shape index (κ3) is 3.05. The molecule has 0 amide bonds. The fraction of sp³-hybridized carbons (Fsp3) is 0.429. The van der Waals surface area contributed by atoms with Gasteiger partial charge in [-0.2, -0.15) is 0 Å². The average Bonchev–Trinajstić information content (AvgIpc) is 2.38. The Balaban J connectivity index is 3.43. The van der Waals surface area contributed by atoms with Crippen molar-refractivity contribution >= 4 is 11.9 Å². The summed E-state index contributed by atoms with van der Waals surface area (Å²) in [5.74, 6) is -1.26. The van der Waals surface area contributed by atoms with Crippen LogP contribution in [0.3, 0.4) is 0 Å². The van der Waals surface area contributed by atoms with E-state index in [1.165, 1.54) is 14.2 Å². The van der Waals surface area contributed by atoms with Crippen LogP contribution in [0, 0.1) is 6.92 Å². The van der Waals surface area contributed by atoms with Crippen LogP contribution in [0.5, 0.6) is 5.75 Å². The molecule has 0 saturated carbocycles. The first-order valence-electron chi connectivity index (χ1n) is 5.95. The molecule has 1 aromatic carbocycles. The molecule has 1 rings (SSSR count). The quantitative estimate of drug-likeness (QED) is 0.841. The van der Waals surface area contributed by atoms with Crippen molar-refractivity contribution in [2.75, 3.05) is 14.2 Å². The Bertz CT molecular complexity index is 505. The number of methoxy groups -OCH3 is 2. The highest BCUT2D eigenvalue weighted by molar-refractivity contribution is 5.96. The van der Waals surface area contributed by atoms with Gasteiger partial charge in [-0.25, -0.2) is 4.79 Å². The first-order valence-corrected chi connectivity index (χ1v) is 5.95. The number of benzene rings is 1. The predicted molar refractivity (Wildman–Crippen MR) is 69.3 cm³/mol. The van der Waals surface area contributed by atoms with Crippen molar-refractivity contribution in [3.05, 3.63) is 28.3 Å². The van der Waals surface area contributed by atoms with Crippen molar-refractivity contribution in [3.63, 3.8) is 0 Å². The molecule has 0 atom stereocenters. The van der Waals surface area contributed by atoms with Gasteiger partial charge in [0, 0.05) is 0 Å². The number of rotatable bonds is 4. The molecule has 0 heterocycles. The van der Waals surface area contributed by atoms with Gasteiger partial charge in [0.1, 0.15) is 11.3 Å². The zero-order valence-corrected chi connectivity index (χ0v) is 11.6. The number of hydrogen-bond acceptors (Lipinski definition) is 5. The molecule has 0 spiro atoms. The van der Waals surface area contributed by atoms with Crippen LogP contribution in [0.2, 0.25) is 0 Å². The standard InChI is InChI=1S/C14H18O5/c1-5-10-8(2)6-9(7-11(15)18-3)12(13(10)16)14(17)19-4/h6,16H,5,7H2,1-4H3. The van der Waals surface area contributed by atoms with Crippen LogP contribution >= 0.6 is 0 Å². The van der Waals surface area contributed by atoms with Crippen LogP contribution in [-0.4, -0.2) is 31.3 Å². The van der Waals surface area contributed by atoms with Gasteiger partial charge in [-0.1, -0.05) is 13.0 Å². The molecule has 0 radical (unpaired) electrons. The van der Waals surface area contributed by atoms with Gasteiger partial charge in [0.05, 0.1) is 20.6 Å². The van der Waals surface area contributed by atoms with Gasteiger partial charge in [-0.05, 0) is 30.0 Å².